The van der Waals surface area contributed by atoms with E-state index < -0.39 is 10.0 Å². The van der Waals surface area contributed by atoms with Crippen LogP contribution in [0.1, 0.15) is 28.2 Å². The predicted octanol–water partition coefficient (Wildman–Crippen LogP) is 1.37. The zero-order valence-corrected chi connectivity index (χ0v) is 16.0. The van der Waals surface area contributed by atoms with E-state index in [0.29, 0.717) is 44.8 Å². The van der Waals surface area contributed by atoms with Crippen molar-refractivity contribution in [1.82, 2.24) is 14.8 Å². The minimum atomic E-state index is -3.55. The highest BCUT2D eigenvalue weighted by atomic mass is 32.2. The summed E-state index contributed by atoms with van der Waals surface area (Å²) in [5.74, 6) is 0.554. The highest BCUT2D eigenvalue weighted by molar-refractivity contribution is 7.89. The van der Waals surface area contributed by atoms with E-state index in [1.807, 2.05) is 13.0 Å². The van der Waals surface area contributed by atoms with Crippen LogP contribution in [-0.4, -0.2) is 56.6 Å². The van der Waals surface area contributed by atoms with Gasteiger partial charge in [0.15, 0.2) is 0 Å². The lowest BCUT2D eigenvalue weighted by atomic mass is 10.2. The highest BCUT2D eigenvalue weighted by Gasteiger charge is 2.26. The van der Waals surface area contributed by atoms with Gasteiger partial charge in [0.25, 0.3) is 5.91 Å². The standard InChI is InChI=1S/C18H23N3O5S/c1-14-13-16(26-20-14)3-2-8-19-18(22)15-4-6-17(7-5-15)27(23,24)21-9-11-25-12-10-21/h4-7,13H,2-3,8-12H2,1H3,(H,19,22). The van der Waals surface area contributed by atoms with E-state index in [2.05, 4.69) is 10.5 Å². The molecule has 1 saturated heterocycles. The summed E-state index contributed by atoms with van der Waals surface area (Å²) in [6.45, 7) is 3.83. The molecule has 1 amide bonds. The van der Waals surface area contributed by atoms with Crippen molar-refractivity contribution in [3.63, 3.8) is 0 Å². The van der Waals surface area contributed by atoms with Gasteiger partial charge in [-0.3, -0.25) is 4.79 Å². The largest absolute Gasteiger partial charge is 0.379 e. The van der Waals surface area contributed by atoms with Crippen molar-refractivity contribution in [2.75, 3.05) is 32.8 Å². The minimum absolute atomic E-state index is 0.182. The first-order valence-corrected chi connectivity index (χ1v) is 10.3. The van der Waals surface area contributed by atoms with E-state index in [-0.39, 0.29) is 10.8 Å². The number of aryl methyl sites for hydroxylation is 2. The summed E-state index contributed by atoms with van der Waals surface area (Å²) in [6, 6.07) is 7.87. The molecule has 0 bridgehead atoms. The van der Waals surface area contributed by atoms with E-state index in [1.165, 1.54) is 28.6 Å². The van der Waals surface area contributed by atoms with E-state index >= 15 is 0 Å². The van der Waals surface area contributed by atoms with Crippen molar-refractivity contribution in [3.8, 4) is 0 Å². The van der Waals surface area contributed by atoms with Gasteiger partial charge in [0.05, 0.1) is 23.8 Å². The number of carbonyl (C=O) groups excluding carboxylic acids is 1. The number of nitrogens with one attached hydrogen (secondary N) is 1. The number of benzene rings is 1. The SMILES string of the molecule is Cc1cc(CCCNC(=O)c2ccc(S(=O)(=O)N3CCOCC3)cc2)on1. The van der Waals surface area contributed by atoms with Crippen LogP contribution in [0.15, 0.2) is 39.8 Å². The summed E-state index contributed by atoms with van der Waals surface area (Å²) in [6.07, 6.45) is 1.42. The molecule has 2 heterocycles. The Morgan fingerprint density at radius 2 is 1.93 bits per heavy atom. The fraction of sp³-hybridized carbons (Fsp3) is 0.444. The topological polar surface area (TPSA) is 102 Å². The molecule has 3 rings (SSSR count). The molecule has 0 atom stereocenters. The second-order valence-corrected chi connectivity index (χ2v) is 8.27. The van der Waals surface area contributed by atoms with Gasteiger partial charge in [-0.2, -0.15) is 4.31 Å². The molecule has 1 aliphatic rings. The summed E-state index contributed by atoms with van der Waals surface area (Å²) in [5, 5.41) is 6.64. The minimum Gasteiger partial charge on any atom is -0.379 e. The summed E-state index contributed by atoms with van der Waals surface area (Å²) in [5.41, 5.74) is 1.26. The number of morpholine rings is 1. The zero-order valence-electron chi connectivity index (χ0n) is 15.2. The van der Waals surface area contributed by atoms with Gasteiger partial charge in [0.1, 0.15) is 5.76 Å². The lowest BCUT2D eigenvalue weighted by Crippen LogP contribution is -2.40. The molecule has 1 N–H and O–H groups in total. The van der Waals surface area contributed by atoms with E-state index in [9.17, 15) is 13.2 Å². The van der Waals surface area contributed by atoms with Crippen molar-refractivity contribution in [2.24, 2.45) is 0 Å². The summed E-state index contributed by atoms with van der Waals surface area (Å²) in [4.78, 5) is 12.4. The molecule has 2 aromatic rings. The van der Waals surface area contributed by atoms with Crippen LogP contribution in [0.2, 0.25) is 0 Å². The second kappa shape index (κ2) is 8.64. The first kappa shape index (κ1) is 19.5. The number of nitrogens with zero attached hydrogens (tertiary/aromatic N) is 2. The maximum Gasteiger partial charge on any atom is 0.251 e. The second-order valence-electron chi connectivity index (χ2n) is 6.33. The Bertz CT molecular complexity index is 871. The Hall–Kier alpha value is -2.23. The van der Waals surface area contributed by atoms with E-state index in [4.69, 9.17) is 9.26 Å². The Balaban J connectivity index is 1.52. The van der Waals surface area contributed by atoms with Gasteiger partial charge >= 0.3 is 0 Å². The maximum absolute atomic E-state index is 12.6. The van der Waals surface area contributed by atoms with Crippen LogP contribution < -0.4 is 5.32 Å². The molecular formula is C18H23N3O5S. The Labute approximate surface area is 158 Å². The molecule has 146 valence electrons. The molecular weight excluding hydrogens is 370 g/mol. The number of sulfonamides is 1. The predicted molar refractivity (Wildman–Crippen MR) is 97.9 cm³/mol. The molecule has 1 aromatic heterocycles. The molecule has 1 fully saturated rings. The average molecular weight is 393 g/mol. The third-order valence-corrected chi connectivity index (χ3v) is 6.20. The van der Waals surface area contributed by atoms with Crippen LogP contribution in [-0.2, 0) is 21.2 Å². The van der Waals surface area contributed by atoms with Crippen LogP contribution in [0.25, 0.3) is 0 Å². The molecule has 0 radical (unpaired) electrons. The first-order chi connectivity index (χ1) is 13.0. The van der Waals surface area contributed by atoms with Gasteiger partial charge in [0.2, 0.25) is 10.0 Å². The van der Waals surface area contributed by atoms with Crippen LogP contribution in [0, 0.1) is 6.92 Å². The third kappa shape index (κ3) is 4.94. The molecule has 9 heteroatoms. The van der Waals surface area contributed by atoms with E-state index in [0.717, 1.165) is 17.9 Å². The number of carbonyl (C=O) groups is 1. The van der Waals surface area contributed by atoms with Gasteiger partial charge in [-0.25, -0.2) is 8.42 Å². The van der Waals surface area contributed by atoms with Crippen molar-refractivity contribution in [3.05, 3.63) is 47.3 Å². The molecule has 0 unspecified atom stereocenters. The molecule has 0 saturated carbocycles. The molecule has 8 nitrogen and oxygen atoms in total. The maximum atomic E-state index is 12.6. The van der Waals surface area contributed by atoms with Crippen LogP contribution in [0.5, 0.6) is 0 Å². The van der Waals surface area contributed by atoms with Crippen LogP contribution >= 0.6 is 0 Å². The zero-order chi connectivity index (χ0) is 19.3. The monoisotopic (exact) mass is 393 g/mol. The number of aromatic nitrogens is 1. The Morgan fingerprint density at radius 3 is 2.56 bits per heavy atom. The van der Waals surface area contributed by atoms with Gasteiger partial charge in [0, 0.05) is 37.7 Å². The molecule has 0 aliphatic carbocycles. The smallest absolute Gasteiger partial charge is 0.251 e. The quantitative estimate of drug-likeness (QED) is 0.713. The summed E-state index contributed by atoms with van der Waals surface area (Å²) in [7, 11) is -3.55. The van der Waals surface area contributed by atoms with Gasteiger partial charge in [-0.1, -0.05) is 5.16 Å². The number of rotatable bonds is 7. The van der Waals surface area contributed by atoms with Crippen molar-refractivity contribution < 1.29 is 22.5 Å². The number of ether oxygens (including phenoxy) is 1. The lowest BCUT2D eigenvalue weighted by molar-refractivity contribution is 0.0730. The van der Waals surface area contributed by atoms with Crippen LogP contribution in [0.4, 0.5) is 0 Å². The average Bonchev–Trinajstić information content (AvgIpc) is 3.11. The van der Waals surface area contributed by atoms with E-state index in [1.54, 1.807) is 0 Å². The first-order valence-electron chi connectivity index (χ1n) is 8.85. The van der Waals surface area contributed by atoms with Crippen molar-refractivity contribution in [2.45, 2.75) is 24.7 Å². The number of hydrogen-bond donors (Lipinski definition) is 1. The Morgan fingerprint density at radius 1 is 1.22 bits per heavy atom. The number of amides is 1. The molecule has 27 heavy (non-hydrogen) atoms. The summed E-state index contributed by atoms with van der Waals surface area (Å²) >= 11 is 0. The van der Waals surface area contributed by atoms with Gasteiger partial charge in [-0.15, -0.1) is 0 Å². The summed E-state index contributed by atoms with van der Waals surface area (Å²) < 4.78 is 36.9. The van der Waals surface area contributed by atoms with Crippen LogP contribution in [0.3, 0.4) is 0 Å². The van der Waals surface area contributed by atoms with Gasteiger partial charge < -0.3 is 14.6 Å². The van der Waals surface area contributed by atoms with Crippen molar-refractivity contribution >= 4 is 15.9 Å². The van der Waals surface area contributed by atoms with Gasteiger partial charge in [-0.05, 0) is 37.6 Å². The number of hydrogen-bond acceptors (Lipinski definition) is 6. The fourth-order valence-corrected chi connectivity index (χ4v) is 4.22. The third-order valence-electron chi connectivity index (χ3n) is 4.29. The Kier molecular flexibility index (Phi) is 6.25. The molecule has 1 aliphatic heterocycles. The highest BCUT2D eigenvalue weighted by Crippen LogP contribution is 2.17. The fourth-order valence-electron chi connectivity index (χ4n) is 2.82. The normalized spacial score (nSPS) is 15.6. The molecule has 0 spiro atoms. The van der Waals surface area contributed by atoms with Crippen molar-refractivity contribution in [1.29, 1.82) is 0 Å². The molecule has 1 aromatic carbocycles. The lowest BCUT2D eigenvalue weighted by Gasteiger charge is -2.26.